The van der Waals surface area contributed by atoms with E-state index in [-0.39, 0.29) is 6.04 Å². The topological polar surface area (TPSA) is 32.3 Å². The molecule has 0 bridgehead atoms. The summed E-state index contributed by atoms with van der Waals surface area (Å²) < 4.78 is 0. The first kappa shape index (κ1) is 9.00. The van der Waals surface area contributed by atoms with Crippen molar-refractivity contribution in [2.24, 2.45) is 5.92 Å². The van der Waals surface area contributed by atoms with Gasteiger partial charge in [0, 0.05) is 13.1 Å². The molecule has 1 amide bonds. The highest BCUT2D eigenvalue weighted by atomic mass is 16.2. The molecule has 74 valence electrons. The van der Waals surface area contributed by atoms with Gasteiger partial charge in [-0.15, -0.1) is 0 Å². The van der Waals surface area contributed by atoms with E-state index in [4.69, 9.17) is 0 Å². The smallest absolute Gasteiger partial charge is 0.239 e. The minimum absolute atomic E-state index is 0.115. The molecule has 1 saturated carbocycles. The van der Waals surface area contributed by atoms with Crippen LogP contribution in [0.3, 0.4) is 0 Å². The van der Waals surface area contributed by atoms with E-state index in [9.17, 15) is 4.79 Å². The van der Waals surface area contributed by atoms with E-state index < -0.39 is 0 Å². The number of amides is 1. The Morgan fingerprint density at radius 2 is 2.23 bits per heavy atom. The molecule has 1 unspecified atom stereocenters. The largest absolute Gasteiger partial charge is 0.341 e. The molecule has 0 aromatic rings. The number of carbonyl (C=O) groups excluding carboxylic acids is 1. The summed E-state index contributed by atoms with van der Waals surface area (Å²) in [5.74, 6) is 1.15. The van der Waals surface area contributed by atoms with Crippen molar-refractivity contribution in [3.63, 3.8) is 0 Å². The van der Waals surface area contributed by atoms with Gasteiger partial charge >= 0.3 is 0 Å². The predicted octanol–water partition coefficient (Wildman–Crippen LogP) is 0.607. The van der Waals surface area contributed by atoms with Crippen LogP contribution in [0.25, 0.3) is 0 Å². The predicted molar refractivity (Wildman–Crippen MR) is 51.4 cm³/mol. The Morgan fingerprint density at radius 3 is 2.85 bits per heavy atom. The van der Waals surface area contributed by atoms with E-state index in [0.717, 1.165) is 32.0 Å². The maximum absolute atomic E-state index is 11.7. The molecule has 2 fully saturated rings. The molecule has 1 aliphatic heterocycles. The molecule has 3 nitrogen and oxygen atoms in total. The van der Waals surface area contributed by atoms with Crippen LogP contribution in [-0.2, 0) is 4.79 Å². The van der Waals surface area contributed by atoms with Gasteiger partial charge in [0.1, 0.15) is 0 Å². The van der Waals surface area contributed by atoms with Crippen LogP contribution in [0.4, 0.5) is 0 Å². The maximum Gasteiger partial charge on any atom is 0.239 e. The van der Waals surface area contributed by atoms with Crippen LogP contribution in [0.15, 0.2) is 0 Å². The van der Waals surface area contributed by atoms with Crippen molar-refractivity contribution in [2.75, 3.05) is 19.6 Å². The fourth-order valence-corrected chi connectivity index (χ4v) is 1.97. The molecule has 1 heterocycles. The highest BCUT2D eigenvalue weighted by Crippen LogP contribution is 2.30. The summed E-state index contributed by atoms with van der Waals surface area (Å²) >= 11 is 0. The highest BCUT2D eigenvalue weighted by molar-refractivity contribution is 5.84. The van der Waals surface area contributed by atoms with Crippen LogP contribution in [-0.4, -0.2) is 36.5 Å². The second-order valence-corrected chi connectivity index (χ2v) is 4.13. The number of hydrogen-bond acceptors (Lipinski definition) is 2. The van der Waals surface area contributed by atoms with Crippen molar-refractivity contribution in [2.45, 2.75) is 32.2 Å². The molecule has 0 spiro atoms. The summed E-state index contributed by atoms with van der Waals surface area (Å²) in [4.78, 5) is 13.8. The monoisotopic (exact) mass is 182 g/mol. The zero-order chi connectivity index (χ0) is 9.26. The molecule has 1 atom stereocenters. The lowest BCUT2D eigenvalue weighted by Crippen LogP contribution is -2.38. The molecule has 2 rings (SSSR count). The SMILES string of the molecule is CCNC1CCN(CC2CC2)C1=O. The number of nitrogens with one attached hydrogen (secondary N) is 1. The lowest BCUT2D eigenvalue weighted by molar-refractivity contribution is -0.129. The highest BCUT2D eigenvalue weighted by Gasteiger charge is 2.34. The Morgan fingerprint density at radius 1 is 1.46 bits per heavy atom. The zero-order valence-electron chi connectivity index (χ0n) is 8.25. The van der Waals surface area contributed by atoms with Crippen molar-refractivity contribution in [1.29, 1.82) is 0 Å². The van der Waals surface area contributed by atoms with Gasteiger partial charge in [0.15, 0.2) is 0 Å². The number of likely N-dealkylation sites (tertiary alicyclic amines) is 1. The lowest BCUT2D eigenvalue weighted by atomic mass is 10.2. The van der Waals surface area contributed by atoms with Crippen LogP contribution in [0, 0.1) is 5.92 Å². The van der Waals surface area contributed by atoms with Gasteiger partial charge in [-0.25, -0.2) is 0 Å². The third-order valence-electron chi connectivity index (χ3n) is 2.92. The van der Waals surface area contributed by atoms with E-state index in [1.165, 1.54) is 12.8 Å². The Labute approximate surface area is 79.5 Å². The summed E-state index contributed by atoms with van der Waals surface area (Å²) in [7, 11) is 0. The van der Waals surface area contributed by atoms with Gasteiger partial charge in [-0.1, -0.05) is 6.92 Å². The average molecular weight is 182 g/mol. The molecule has 0 aromatic carbocycles. The first-order chi connectivity index (χ1) is 6.31. The van der Waals surface area contributed by atoms with Crippen LogP contribution in [0.1, 0.15) is 26.2 Å². The van der Waals surface area contributed by atoms with E-state index >= 15 is 0 Å². The molecule has 1 saturated heterocycles. The quantitative estimate of drug-likeness (QED) is 0.691. The van der Waals surface area contributed by atoms with Gasteiger partial charge < -0.3 is 10.2 Å². The molecule has 2 aliphatic rings. The second kappa shape index (κ2) is 3.66. The normalized spacial score (nSPS) is 28.5. The van der Waals surface area contributed by atoms with Crippen molar-refractivity contribution < 1.29 is 4.79 Å². The van der Waals surface area contributed by atoms with Crippen LogP contribution in [0.5, 0.6) is 0 Å². The molecule has 3 heteroatoms. The van der Waals surface area contributed by atoms with Gasteiger partial charge in [0.05, 0.1) is 6.04 Å². The minimum Gasteiger partial charge on any atom is -0.341 e. The Kier molecular flexibility index (Phi) is 2.54. The number of carbonyl (C=O) groups is 1. The van der Waals surface area contributed by atoms with Crippen LogP contribution in [0.2, 0.25) is 0 Å². The number of likely N-dealkylation sites (N-methyl/N-ethyl adjacent to an activating group) is 1. The average Bonchev–Trinajstić information content (AvgIpc) is 2.86. The van der Waals surface area contributed by atoms with Crippen molar-refractivity contribution >= 4 is 5.91 Å². The Bertz CT molecular complexity index is 201. The summed E-state index contributed by atoms with van der Waals surface area (Å²) in [6.45, 7) is 4.93. The summed E-state index contributed by atoms with van der Waals surface area (Å²) in [5.41, 5.74) is 0. The zero-order valence-corrected chi connectivity index (χ0v) is 8.25. The minimum atomic E-state index is 0.115. The fraction of sp³-hybridized carbons (Fsp3) is 0.900. The molecular weight excluding hydrogens is 164 g/mol. The number of hydrogen-bond donors (Lipinski definition) is 1. The Balaban J connectivity index is 1.82. The van der Waals surface area contributed by atoms with Crippen molar-refractivity contribution in [3.8, 4) is 0 Å². The van der Waals surface area contributed by atoms with Crippen molar-refractivity contribution in [3.05, 3.63) is 0 Å². The number of nitrogens with zero attached hydrogens (tertiary/aromatic N) is 1. The van der Waals surface area contributed by atoms with E-state index in [1.807, 2.05) is 4.90 Å². The van der Waals surface area contributed by atoms with Crippen LogP contribution >= 0.6 is 0 Å². The first-order valence-electron chi connectivity index (χ1n) is 5.33. The molecule has 1 N–H and O–H groups in total. The van der Waals surface area contributed by atoms with Gasteiger partial charge in [0.2, 0.25) is 5.91 Å². The second-order valence-electron chi connectivity index (χ2n) is 4.13. The molecule has 13 heavy (non-hydrogen) atoms. The lowest BCUT2D eigenvalue weighted by Gasteiger charge is -2.16. The Hall–Kier alpha value is -0.570. The van der Waals surface area contributed by atoms with E-state index in [0.29, 0.717) is 5.91 Å². The summed E-state index contributed by atoms with van der Waals surface area (Å²) in [6, 6.07) is 0.115. The first-order valence-corrected chi connectivity index (χ1v) is 5.33. The third kappa shape index (κ3) is 2.02. The fourth-order valence-electron chi connectivity index (χ4n) is 1.97. The molecule has 0 radical (unpaired) electrons. The summed E-state index contributed by atoms with van der Waals surface area (Å²) in [5, 5.41) is 3.23. The molecule has 0 aromatic heterocycles. The third-order valence-corrected chi connectivity index (χ3v) is 2.92. The number of rotatable bonds is 4. The van der Waals surface area contributed by atoms with E-state index in [2.05, 4.69) is 12.2 Å². The van der Waals surface area contributed by atoms with Gasteiger partial charge in [-0.2, -0.15) is 0 Å². The van der Waals surface area contributed by atoms with Gasteiger partial charge in [-0.05, 0) is 31.7 Å². The van der Waals surface area contributed by atoms with Gasteiger partial charge in [-0.3, -0.25) is 4.79 Å². The van der Waals surface area contributed by atoms with Crippen LogP contribution < -0.4 is 5.32 Å². The van der Waals surface area contributed by atoms with Gasteiger partial charge in [0.25, 0.3) is 0 Å². The standard InChI is InChI=1S/C10H18N2O/c1-2-11-9-5-6-12(10(9)13)7-8-3-4-8/h8-9,11H,2-7H2,1H3. The maximum atomic E-state index is 11.7. The molecule has 1 aliphatic carbocycles. The van der Waals surface area contributed by atoms with Crippen molar-refractivity contribution in [1.82, 2.24) is 10.2 Å². The summed E-state index contributed by atoms with van der Waals surface area (Å²) in [6.07, 6.45) is 3.66. The van der Waals surface area contributed by atoms with E-state index in [1.54, 1.807) is 0 Å². The molecular formula is C10H18N2O.